The molecule has 2 heterocycles. The highest BCUT2D eigenvalue weighted by Gasteiger charge is 2.19. The minimum atomic E-state index is -0.270. The Morgan fingerprint density at radius 1 is 1.42 bits per heavy atom. The third-order valence-corrected chi connectivity index (χ3v) is 4.15. The van der Waals surface area contributed by atoms with Crippen molar-refractivity contribution in [3.8, 4) is 17.3 Å². The highest BCUT2D eigenvalue weighted by atomic mass is 16.1. The summed E-state index contributed by atoms with van der Waals surface area (Å²) < 4.78 is 1.21. The molecular formula is C19H19N5O2. The number of carbonyl (C=O) groups excluding carboxylic acids is 1. The third kappa shape index (κ3) is 2.86. The zero-order valence-corrected chi connectivity index (χ0v) is 14.8. The number of H-pyrrole nitrogens is 1. The van der Waals surface area contributed by atoms with Crippen molar-refractivity contribution < 1.29 is 4.79 Å². The van der Waals surface area contributed by atoms with Gasteiger partial charge in [0.2, 0.25) is 0 Å². The molecule has 2 aromatic heterocycles. The highest BCUT2D eigenvalue weighted by molar-refractivity contribution is 5.95. The number of fused-ring (bicyclic) bond motifs is 1. The number of hydrogen-bond donors (Lipinski definition) is 2. The van der Waals surface area contributed by atoms with Crippen LogP contribution < -0.4 is 10.9 Å². The maximum absolute atomic E-state index is 12.9. The molecule has 0 spiro atoms. The van der Waals surface area contributed by atoms with Gasteiger partial charge in [-0.1, -0.05) is 26.0 Å². The van der Waals surface area contributed by atoms with E-state index in [2.05, 4.69) is 15.4 Å². The molecule has 0 aliphatic heterocycles. The summed E-state index contributed by atoms with van der Waals surface area (Å²) in [5.74, 6) is -0.244. The summed E-state index contributed by atoms with van der Waals surface area (Å²) in [4.78, 5) is 28.2. The molecule has 0 radical (unpaired) electrons. The minimum absolute atomic E-state index is 0.0685. The van der Waals surface area contributed by atoms with Crippen molar-refractivity contribution in [2.45, 2.75) is 26.7 Å². The summed E-state index contributed by atoms with van der Waals surface area (Å²) >= 11 is 0. The van der Waals surface area contributed by atoms with Crippen molar-refractivity contribution in [1.29, 1.82) is 5.26 Å². The number of aromatic amines is 1. The molecule has 2 N–H and O–H groups in total. The zero-order chi connectivity index (χ0) is 18.8. The smallest absolute Gasteiger partial charge is 0.278 e. The number of benzene rings is 1. The molecule has 0 bridgehead atoms. The molecule has 0 atom stereocenters. The predicted molar refractivity (Wildman–Crippen MR) is 98.1 cm³/mol. The molecule has 0 aliphatic rings. The average molecular weight is 349 g/mol. The maximum atomic E-state index is 12.9. The van der Waals surface area contributed by atoms with E-state index in [4.69, 9.17) is 0 Å². The maximum Gasteiger partial charge on any atom is 0.278 e. The normalized spacial score (nSPS) is 10.9. The van der Waals surface area contributed by atoms with Crippen LogP contribution in [0.5, 0.6) is 0 Å². The van der Waals surface area contributed by atoms with Crippen molar-refractivity contribution in [3.05, 3.63) is 57.5 Å². The third-order valence-electron chi connectivity index (χ3n) is 4.15. The van der Waals surface area contributed by atoms with Gasteiger partial charge in [0, 0.05) is 17.7 Å². The molecule has 7 heteroatoms. The van der Waals surface area contributed by atoms with Crippen molar-refractivity contribution in [3.63, 3.8) is 0 Å². The molecule has 26 heavy (non-hydrogen) atoms. The first-order chi connectivity index (χ1) is 12.5. The Hall–Kier alpha value is -3.40. The largest absolute Gasteiger partial charge is 0.352 e. The van der Waals surface area contributed by atoms with Gasteiger partial charge in [0.15, 0.2) is 5.65 Å². The van der Waals surface area contributed by atoms with Gasteiger partial charge >= 0.3 is 0 Å². The number of nitriles is 1. The van der Waals surface area contributed by atoms with Gasteiger partial charge in [0.25, 0.3) is 11.5 Å². The van der Waals surface area contributed by atoms with Crippen molar-refractivity contribution in [2.24, 2.45) is 0 Å². The zero-order valence-electron chi connectivity index (χ0n) is 14.8. The lowest BCUT2D eigenvalue weighted by molar-refractivity contribution is 0.0956. The van der Waals surface area contributed by atoms with Gasteiger partial charge in [0.1, 0.15) is 11.6 Å². The lowest BCUT2D eigenvalue weighted by Crippen LogP contribution is -2.23. The molecule has 7 nitrogen and oxygen atoms in total. The van der Waals surface area contributed by atoms with E-state index in [1.807, 2.05) is 32.9 Å². The molecule has 0 aliphatic carbocycles. The van der Waals surface area contributed by atoms with E-state index in [1.165, 1.54) is 10.7 Å². The second-order valence-electron chi connectivity index (χ2n) is 6.24. The lowest BCUT2D eigenvalue weighted by atomic mass is 9.97. The number of aromatic nitrogens is 3. The lowest BCUT2D eigenvalue weighted by Gasteiger charge is -2.14. The Morgan fingerprint density at radius 3 is 2.85 bits per heavy atom. The van der Waals surface area contributed by atoms with Crippen LogP contribution in [0.1, 0.15) is 48.2 Å². The molecule has 132 valence electrons. The van der Waals surface area contributed by atoms with E-state index in [9.17, 15) is 14.9 Å². The monoisotopic (exact) mass is 349 g/mol. The Balaban J connectivity index is 2.29. The van der Waals surface area contributed by atoms with E-state index in [1.54, 1.807) is 18.2 Å². The standard InChI is InChI=1S/C19H19N5O2/c1-4-21-18(25)13-7-5-6-12(8-13)16-15(11(2)3)19(26)24-17(23-16)14(9-20)10-22-24/h5-8,10-11,23H,4H2,1-3H3,(H,21,25). The summed E-state index contributed by atoms with van der Waals surface area (Å²) in [5.41, 5.74) is 2.74. The molecule has 3 aromatic rings. The van der Waals surface area contributed by atoms with Gasteiger partial charge in [-0.25, -0.2) is 0 Å². The fourth-order valence-electron chi connectivity index (χ4n) is 2.95. The molecule has 0 fully saturated rings. The quantitative estimate of drug-likeness (QED) is 0.755. The second kappa shape index (κ2) is 6.84. The summed E-state index contributed by atoms with van der Waals surface area (Å²) in [7, 11) is 0. The van der Waals surface area contributed by atoms with Crippen molar-refractivity contribution in [1.82, 2.24) is 19.9 Å². The predicted octanol–water partition coefficient (Wildman–Crippen LogP) is 2.43. The first-order valence-corrected chi connectivity index (χ1v) is 8.40. The van der Waals surface area contributed by atoms with E-state index < -0.39 is 0 Å². The minimum Gasteiger partial charge on any atom is -0.352 e. The summed E-state index contributed by atoms with van der Waals surface area (Å²) in [6.07, 6.45) is 1.37. The fourth-order valence-corrected chi connectivity index (χ4v) is 2.95. The van der Waals surface area contributed by atoms with E-state index >= 15 is 0 Å². The van der Waals surface area contributed by atoms with Crippen molar-refractivity contribution >= 4 is 11.6 Å². The van der Waals surface area contributed by atoms with Gasteiger partial charge in [-0.2, -0.15) is 14.9 Å². The van der Waals surface area contributed by atoms with Crippen LogP contribution in [0.2, 0.25) is 0 Å². The molecule has 3 rings (SSSR count). The van der Waals surface area contributed by atoms with E-state index in [0.717, 1.165) is 0 Å². The van der Waals surface area contributed by atoms with Gasteiger partial charge < -0.3 is 10.3 Å². The number of hydrogen-bond acceptors (Lipinski definition) is 4. The van der Waals surface area contributed by atoms with Gasteiger partial charge in [-0.05, 0) is 30.5 Å². The Labute approximate surface area is 150 Å². The fraction of sp³-hybridized carbons (Fsp3) is 0.263. The average Bonchev–Trinajstić information content (AvgIpc) is 3.05. The second-order valence-corrected chi connectivity index (χ2v) is 6.24. The van der Waals surface area contributed by atoms with Crippen LogP contribution in [0.4, 0.5) is 0 Å². The van der Waals surface area contributed by atoms with Crippen LogP contribution in [0, 0.1) is 11.3 Å². The van der Waals surface area contributed by atoms with Crippen LogP contribution in [-0.2, 0) is 0 Å². The van der Waals surface area contributed by atoms with Gasteiger partial charge in [0.05, 0.1) is 11.9 Å². The van der Waals surface area contributed by atoms with E-state index in [-0.39, 0.29) is 17.4 Å². The van der Waals surface area contributed by atoms with Crippen LogP contribution in [-0.4, -0.2) is 27.0 Å². The highest BCUT2D eigenvalue weighted by Crippen LogP contribution is 2.26. The summed E-state index contributed by atoms with van der Waals surface area (Å²) in [6, 6.07) is 9.10. The summed E-state index contributed by atoms with van der Waals surface area (Å²) in [5, 5.41) is 16.0. The number of carbonyl (C=O) groups is 1. The molecule has 1 amide bonds. The Kier molecular flexibility index (Phi) is 4.59. The van der Waals surface area contributed by atoms with Crippen LogP contribution in [0.15, 0.2) is 35.3 Å². The van der Waals surface area contributed by atoms with Crippen LogP contribution in [0.25, 0.3) is 16.9 Å². The molecular weight excluding hydrogens is 330 g/mol. The van der Waals surface area contributed by atoms with Crippen LogP contribution >= 0.6 is 0 Å². The van der Waals surface area contributed by atoms with E-state index in [0.29, 0.717) is 40.1 Å². The van der Waals surface area contributed by atoms with Gasteiger partial charge in [-0.3, -0.25) is 9.59 Å². The topological polar surface area (TPSA) is 103 Å². The molecule has 0 saturated heterocycles. The SMILES string of the molecule is CCNC(=O)c1cccc(-c2[nH]c3c(C#N)cnn3c(=O)c2C(C)C)c1. The molecule has 0 saturated carbocycles. The Bertz CT molecular complexity index is 1090. The summed E-state index contributed by atoms with van der Waals surface area (Å²) in [6.45, 7) is 6.22. The number of rotatable bonds is 4. The first kappa shape index (κ1) is 17.4. The molecule has 0 unspecified atom stereocenters. The van der Waals surface area contributed by atoms with Crippen molar-refractivity contribution in [2.75, 3.05) is 6.54 Å². The number of nitrogens with one attached hydrogen (secondary N) is 2. The number of amides is 1. The van der Waals surface area contributed by atoms with Gasteiger partial charge in [-0.15, -0.1) is 0 Å². The Morgan fingerprint density at radius 2 is 2.19 bits per heavy atom. The van der Waals surface area contributed by atoms with Crippen LogP contribution in [0.3, 0.4) is 0 Å². The number of nitrogens with zero attached hydrogens (tertiary/aromatic N) is 3. The molecule has 1 aromatic carbocycles. The first-order valence-electron chi connectivity index (χ1n) is 8.40.